The van der Waals surface area contributed by atoms with Crippen LogP contribution in [0.5, 0.6) is 5.75 Å². The van der Waals surface area contributed by atoms with Crippen molar-refractivity contribution in [2.75, 3.05) is 26.2 Å². The fraction of sp³-hybridized carbons (Fsp3) is 0.571. The number of piperazine rings is 1. The minimum atomic E-state index is -4.15. The van der Waals surface area contributed by atoms with Crippen LogP contribution < -0.4 is 5.32 Å². The molecule has 0 bridgehead atoms. The van der Waals surface area contributed by atoms with Crippen molar-refractivity contribution in [3.63, 3.8) is 0 Å². The van der Waals surface area contributed by atoms with Crippen LogP contribution in [0.1, 0.15) is 24.4 Å². The van der Waals surface area contributed by atoms with Gasteiger partial charge in [0, 0.05) is 38.6 Å². The molecule has 1 aromatic rings. The average molecular weight is 361 g/mol. The number of phenols is 1. The largest absolute Gasteiger partial charge is 0.508 e. The van der Waals surface area contributed by atoms with Crippen LogP contribution in [0.15, 0.2) is 24.3 Å². The van der Waals surface area contributed by atoms with Crippen molar-refractivity contribution in [1.29, 1.82) is 0 Å². The third-order valence-corrected chi connectivity index (χ3v) is 3.55. The van der Waals surface area contributed by atoms with E-state index in [1.54, 1.807) is 18.2 Å². The summed E-state index contributed by atoms with van der Waals surface area (Å²) in [5.41, 5.74) is 0.746. The first-order valence-corrected chi connectivity index (χ1v) is 6.76. The summed E-state index contributed by atoms with van der Waals surface area (Å²) in [5, 5.41) is 12.7. The normalized spacial score (nSPS) is 17.2. The van der Waals surface area contributed by atoms with E-state index in [-0.39, 0.29) is 43.0 Å². The number of nitrogens with one attached hydrogen (secondary N) is 1. The van der Waals surface area contributed by atoms with E-state index < -0.39 is 12.6 Å². The average Bonchev–Trinajstić information content (AvgIpc) is 2.39. The fourth-order valence-corrected chi connectivity index (χ4v) is 2.59. The van der Waals surface area contributed by atoms with Gasteiger partial charge in [-0.2, -0.15) is 13.2 Å². The molecule has 1 fully saturated rings. The highest BCUT2D eigenvalue weighted by atomic mass is 35.5. The van der Waals surface area contributed by atoms with Gasteiger partial charge in [-0.3, -0.25) is 4.90 Å². The molecule has 0 spiro atoms. The minimum Gasteiger partial charge on any atom is -0.508 e. The van der Waals surface area contributed by atoms with Gasteiger partial charge in [-0.15, -0.1) is 24.8 Å². The predicted octanol–water partition coefficient (Wildman–Crippen LogP) is 3.52. The Kier molecular flexibility index (Phi) is 9.15. The van der Waals surface area contributed by atoms with Gasteiger partial charge in [0.05, 0.1) is 0 Å². The van der Waals surface area contributed by atoms with E-state index in [1.807, 2.05) is 0 Å². The number of phenolic OH excluding ortho intramolecular Hbond substituents is 1. The molecule has 0 saturated carbocycles. The highest BCUT2D eigenvalue weighted by molar-refractivity contribution is 5.85. The molecule has 1 aromatic carbocycles. The Hall–Kier alpha value is -0.690. The molecule has 128 valence electrons. The molecular weight excluding hydrogens is 340 g/mol. The van der Waals surface area contributed by atoms with Crippen molar-refractivity contribution in [2.45, 2.75) is 25.1 Å². The Labute approximate surface area is 140 Å². The Bertz CT molecular complexity index is 440. The van der Waals surface area contributed by atoms with Crippen LogP contribution in [-0.2, 0) is 0 Å². The summed E-state index contributed by atoms with van der Waals surface area (Å²) in [4.78, 5) is 2.05. The third-order valence-electron chi connectivity index (χ3n) is 3.55. The zero-order chi connectivity index (χ0) is 14.6. The number of hydrogen-bond donors (Lipinski definition) is 2. The Morgan fingerprint density at radius 1 is 1.18 bits per heavy atom. The van der Waals surface area contributed by atoms with E-state index in [0.29, 0.717) is 0 Å². The molecule has 1 saturated heterocycles. The lowest BCUT2D eigenvalue weighted by molar-refractivity contribution is -0.138. The number of hydrogen-bond acceptors (Lipinski definition) is 3. The zero-order valence-corrected chi connectivity index (χ0v) is 13.6. The molecule has 8 heteroatoms. The van der Waals surface area contributed by atoms with E-state index in [1.165, 1.54) is 6.07 Å². The smallest absolute Gasteiger partial charge is 0.389 e. The monoisotopic (exact) mass is 360 g/mol. The summed E-state index contributed by atoms with van der Waals surface area (Å²) in [6.07, 6.45) is -4.94. The molecule has 1 heterocycles. The summed E-state index contributed by atoms with van der Waals surface area (Å²) in [5.74, 6) is 0.0923. The number of rotatable bonds is 4. The van der Waals surface area contributed by atoms with Crippen LogP contribution in [-0.4, -0.2) is 42.4 Å². The van der Waals surface area contributed by atoms with Gasteiger partial charge in [-0.1, -0.05) is 12.1 Å². The van der Waals surface area contributed by atoms with Gasteiger partial charge in [0.15, 0.2) is 0 Å². The van der Waals surface area contributed by atoms with Gasteiger partial charge in [0.25, 0.3) is 0 Å². The van der Waals surface area contributed by atoms with Gasteiger partial charge in [0.2, 0.25) is 0 Å². The molecule has 2 rings (SSSR count). The number of benzene rings is 1. The Morgan fingerprint density at radius 2 is 1.82 bits per heavy atom. The number of aromatic hydroxyl groups is 1. The van der Waals surface area contributed by atoms with Crippen LogP contribution in [0.25, 0.3) is 0 Å². The predicted molar refractivity (Wildman–Crippen MR) is 85.1 cm³/mol. The molecule has 0 radical (unpaired) electrons. The second-order valence-electron chi connectivity index (χ2n) is 5.05. The van der Waals surface area contributed by atoms with E-state index in [2.05, 4.69) is 10.2 Å². The summed E-state index contributed by atoms with van der Waals surface area (Å²) in [6, 6.07) is 6.24. The molecule has 3 nitrogen and oxygen atoms in total. The number of alkyl halides is 3. The van der Waals surface area contributed by atoms with Crippen LogP contribution in [0.3, 0.4) is 0 Å². The molecule has 0 amide bonds. The highest BCUT2D eigenvalue weighted by Gasteiger charge is 2.31. The summed E-state index contributed by atoms with van der Waals surface area (Å²) in [6.45, 7) is 3.00. The van der Waals surface area contributed by atoms with E-state index in [9.17, 15) is 18.3 Å². The van der Waals surface area contributed by atoms with Crippen LogP contribution in [0, 0.1) is 0 Å². The molecule has 1 aliphatic heterocycles. The van der Waals surface area contributed by atoms with Gasteiger partial charge in [-0.25, -0.2) is 0 Å². The molecular formula is C14H21Cl2F3N2O. The first-order chi connectivity index (χ1) is 9.46. The van der Waals surface area contributed by atoms with Crippen molar-refractivity contribution in [1.82, 2.24) is 10.2 Å². The maximum absolute atomic E-state index is 12.5. The fourth-order valence-electron chi connectivity index (χ4n) is 2.59. The van der Waals surface area contributed by atoms with E-state index in [4.69, 9.17) is 0 Å². The zero-order valence-electron chi connectivity index (χ0n) is 12.0. The van der Waals surface area contributed by atoms with E-state index >= 15 is 0 Å². The maximum Gasteiger partial charge on any atom is 0.389 e. The summed E-state index contributed by atoms with van der Waals surface area (Å²) < 4.78 is 37.5. The lowest BCUT2D eigenvalue weighted by atomic mass is 9.99. The molecule has 0 aliphatic carbocycles. The van der Waals surface area contributed by atoms with Crippen LogP contribution in [0.4, 0.5) is 13.2 Å². The third kappa shape index (κ3) is 6.60. The van der Waals surface area contributed by atoms with Crippen molar-refractivity contribution in [2.24, 2.45) is 0 Å². The van der Waals surface area contributed by atoms with Crippen molar-refractivity contribution in [3.05, 3.63) is 29.8 Å². The van der Waals surface area contributed by atoms with Gasteiger partial charge >= 0.3 is 6.18 Å². The molecule has 0 aromatic heterocycles. The van der Waals surface area contributed by atoms with Crippen molar-refractivity contribution in [3.8, 4) is 5.75 Å². The number of nitrogens with zero attached hydrogens (tertiary/aromatic N) is 1. The van der Waals surface area contributed by atoms with Crippen molar-refractivity contribution < 1.29 is 18.3 Å². The quantitative estimate of drug-likeness (QED) is 0.862. The lowest BCUT2D eigenvalue weighted by Crippen LogP contribution is -2.45. The molecule has 1 aliphatic rings. The summed E-state index contributed by atoms with van der Waals surface area (Å²) in [7, 11) is 0. The van der Waals surface area contributed by atoms with Gasteiger partial charge in [0.1, 0.15) is 5.75 Å². The second-order valence-corrected chi connectivity index (χ2v) is 5.05. The van der Waals surface area contributed by atoms with E-state index in [0.717, 1.165) is 31.7 Å². The van der Waals surface area contributed by atoms with Crippen LogP contribution >= 0.6 is 24.8 Å². The Balaban J connectivity index is 0.00000220. The van der Waals surface area contributed by atoms with Gasteiger partial charge in [-0.05, 0) is 24.1 Å². The minimum absolute atomic E-state index is 0. The SMILES string of the molecule is Cl.Cl.Oc1cccc([C@@H](CCC(F)(F)F)N2CCNCC2)c1. The topological polar surface area (TPSA) is 35.5 Å². The Morgan fingerprint density at radius 3 is 2.36 bits per heavy atom. The first-order valence-electron chi connectivity index (χ1n) is 6.76. The van der Waals surface area contributed by atoms with Crippen molar-refractivity contribution >= 4 is 24.8 Å². The maximum atomic E-state index is 12.5. The van der Waals surface area contributed by atoms with Crippen LogP contribution in [0.2, 0.25) is 0 Å². The molecule has 1 atom stereocenters. The standard InChI is InChI=1S/C14H19F3N2O.2ClH/c15-14(16,17)5-4-13(19-8-6-18-7-9-19)11-2-1-3-12(20)10-11;;/h1-3,10,13,18,20H,4-9H2;2*1H/t13-;;/m1../s1. The first kappa shape index (κ1) is 21.3. The summed E-state index contributed by atoms with van der Waals surface area (Å²) >= 11 is 0. The molecule has 2 N–H and O–H groups in total. The second kappa shape index (κ2) is 9.45. The number of halogens is 5. The molecule has 0 unspecified atom stereocenters. The highest BCUT2D eigenvalue weighted by Crippen LogP contribution is 2.32. The lowest BCUT2D eigenvalue weighted by Gasteiger charge is -2.35. The molecule has 22 heavy (non-hydrogen) atoms. The van der Waals surface area contributed by atoms with Gasteiger partial charge < -0.3 is 10.4 Å².